The lowest BCUT2D eigenvalue weighted by atomic mass is 9.72. The summed E-state index contributed by atoms with van der Waals surface area (Å²) in [7, 11) is 1.57. The lowest BCUT2D eigenvalue weighted by Gasteiger charge is -2.34. The van der Waals surface area contributed by atoms with Gasteiger partial charge in [-0.25, -0.2) is 4.39 Å². The summed E-state index contributed by atoms with van der Waals surface area (Å²) in [6.45, 7) is 6.99. The zero-order valence-electron chi connectivity index (χ0n) is 27.7. The fourth-order valence-electron chi connectivity index (χ4n) is 6.50. The SMILES string of the molecule is CCC1(c2ccc(N)cc2)CCC(=O)NC1=O.COc1cc(C(C)=O)ccc1OCCCN1CCC(c2noc3cc(F)ccc23)CC1. The van der Waals surface area contributed by atoms with Crippen molar-refractivity contribution in [3.05, 3.63) is 83.3 Å². The number of aromatic nitrogens is 1. The van der Waals surface area contributed by atoms with Crippen LogP contribution in [0.4, 0.5) is 10.1 Å². The molecule has 0 spiro atoms. The first-order chi connectivity index (χ1) is 23.1. The number of imide groups is 1. The molecule has 2 fully saturated rings. The number of ether oxygens (including phenoxy) is 2. The van der Waals surface area contributed by atoms with Crippen molar-refractivity contribution >= 4 is 34.3 Å². The number of nitrogens with zero attached hydrogens (tertiary/aromatic N) is 2. The van der Waals surface area contributed by atoms with Crippen molar-refractivity contribution in [1.82, 2.24) is 15.4 Å². The molecule has 2 amide bonds. The van der Waals surface area contributed by atoms with Crippen LogP contribution in [0.1, 0.15) is 79.9 Å². The molecule has 3 aromatic carbocycles. The second-order valence-corrected chi connectivity index (χ2v) is 12.4. The number of hydrogen-bond acceptors (Lipinski definition) is 9. The number of nitrogen functional groups attached to an aromatic ring is 1. The molecule has 0 aliphatic carbocycles. The maximum Gasteiger partial charge on any atom is 0.237 e. The molecule has 6 rings (SSSR count). The molecular weight excluding hydrogens is 615 g/mol. The summed E-state index contributed by atoms with van der Waals surface area (Å²) in [5, 5.41) is 7.55. The van der Waals surface area contributed by atoms with Crippen LogP contribution in [0.5, 0.6) is 11.5 Å². The number of nitrogens with one attached hydrogen (secondary N) is 1. The molecule has 48 heavy (non-hydrogen) atoms. The maximum atomic E-state index is 13.4. The van der Waals surface area contributed by atoms with Gasteiger partial charge in [0, 0.05) is 41.6 Å². The Balaban J connectivity index is 0.000000224. The van der Waals surface area contributed by atoms with E-state index < -0.39 is 5.41 Å². The van der Waals surface area contributed by atoms with E-state index in [1.165, 1.54) is 19.1 Å². The van der Waals surface area contributed by atoms with Crippen molar-refractivity contribution in [2.24, 2.45) is 0 Å². The Morgan fingerprint density at radius 1 is 1.08 bits per heavy atom. The number of fused-ring (bicyclic) bond motifs is 1. The van der Waals surface area contributed by atoms with Crippen molar-refractivity contribution < 1.29 is 32.8 Å². The summed E-state index contributed by atoms with van der Waals surface area (Å²) in [4.78, 5) is 37.2. The molecular formula is C37H43FN4O6. The van der Waals surface area contributed by atoms with Gasteiger partial charge >= 0.3 is 0 Å². The van der Waals surface area contributed by atoms with E-state index in [1.54, 1.807) is 43.5 Å². The number of Topliss-reactive ketones (excluding diaryl/α,β-unsaturated/α-hetero) is 1. The molecule has 3 N–H and O–H groups in total. The predicted molar refractivity (Wildman–Crippen MR) is 181 cm³/mol. The molecule has 1 atom stereocenters. The number of carbonyl (C=O) groups is 3. The molecule has 1 unspecified atom stereocenters. The van der Waals surface area contributed by atoms with Gasteiger partial charge in [-0.15, -0.1) is 0 Å². The smallest absolute Gasteiger partial charge is 0.237 e. The van der Waals surface area contributed by atoms with Gasteiger partial charge in [-0.3, -0.25) is 19.7 Å². The number of rotatable bonds is 10. The van der Waals surface area contributed by atoms with Crippen LogP contribution in [0.25, 0.3) is 11.0 Å². The van der Waals surface area contributed by atoms with E-state index in [2.05, 4.69) is 15.4 Å². The molecule has 2 saturated heterocycles. The number of piperidine rings is 2. The third-order valence-electron chi connectivity index (χ3n) is 9.42. The number of methoxy groups -OCH3 is 1. The molecule has 3 heterocycles. The van der Waals surface area contributed by atoms with Crippen LogP contribution >= 0.6 is 0 Å². The largest absolute Gasteiger partial charge is 0.493 e. The molecule has 10 nitrogen and oxygen atoms in total. The highest BCUT2D eigenvalue weighted by Crippen LogP contribution is 2.36. The van der Waals surface area contributed by atoms with Gasteiger partial charge in [0.15, 0.2) is 22.9 Å². The lowest BCUT2D eigenvalue weighted by molar-refractivity contribution is -0.138. The topological polar surface area (TPSA) is 137 Å². The number of anilines is 1. The number of hydrogen-bond donors (Lipinski definition) is 2. The van der Waals surface area contributed by atoms with Gasteiger partial charge in [-0.2, -0.15) is 0 Å². The summed E-state index contributed by atoms with van der Waals surface area (Å²) < 4.78 is 29.9. The number of likely N-dealkylation sites (tertiary alicyclic amines) is 1. The van der Waals surface area contributed by atoms with Gasteiger partial charge in [0.1, 0.15) is 5.82 Å². The summed E-state index contributed by atoms with van der Waals surface area (Å²) in [5.41, 5.74) is 8.73. The number of carbonyl (C=O) groups excluding carboxylic acids is 3. The van der Waals surface area contributed by atoms with Crippen LogP contribution in [0.2, 0.25) is 0 Å². The number of nitrogens with two attached hydrogens (primary N) is 1. The van der Waals surface area contributed by atoms with Crippen molar-refractivity contribution in [3.63, 3.8) is 0 Å². The molecule has 2 aliphatic heterocycles. The fourth-order valence-corrected chi connectivity index (χ4v) is 6.50. The zero-order chi connectivity index (χ0) is 34.3. The standard InChI is InChI=1S/C24H27FN2O4.C13H16N2O2/c1-16(28)18-4-7-21(23(14-18)29-2)30-13-3-10-27-11-8-17(9-12-27)24-20-6-5-19(25)15-22(20)31-26-24;1-2-13(8-7-11(16)15-12(13)17)9-3-5-10(14)6-4-9/h4-7,14-15,17H,3,8-13H2,1-2H3;3-6H,2,7-8,14H2,1H3,(H,15,16,17). The Morgan fingerprint density at radius 2 is 1.83 bits per heavy atom. The molecule has 2 aliphatic rings. The van der Waals surface area contributed by atoms with E-state index in [0.29, 0.717) is 60.1 Å². The quantitative estimate of drug-likeness (QED) is 0.0886. The minimum atomic E-state index is -0.582. The van der Waals surface area contributed by atoms with Gasteiger partial charge in [0.25, 0.3) is 0 Å². The van der Waals surface area contributed by atoms with Crippen LogP contribution in [0.15, 0.2) is 65.2 Å². The van der Waals surface area contributed by atoms with Gasteiger partial charge < -0.3 is 24.6 Å². The second kappa shape index (κ2) is 15.4. The van der Waals surface area contributed by atoms with Gasteiger partial charge in [0.05, 0.1) is 24.8 Å². The highest BCUT2D eigenvalue weighted by molar-refractivity contribution is 6.03. The Labute approximate surface area is 279 Å². The summed E-state index contributed by atoms with van der Waals surface area (Å²) in [6, 6.07) is 17.2. The number of ketones is 1. The number of benzene rings is 3. The average molecular weight is 659 g/mol. The monoisotopic (exact) mass is 658 g/mol. The molecule has 4 aromatic rings. The second-order valence-electron chi connectivity index (χ2n) is 12.4. The first-order valence-corrected chi connectivity index (χ1v) is 16.4. The van der Waals surface area contributed by atoms with Crippen molar-refractivity contribution in [2.75, 3.05) is 39.1 Å². The van der Waals surface area contributed by atoms with E-state index in [9.17, 15) is 18.8 Å². The predicted octanol–water partition coefficient (Wildman–Crippen LogP) is 6.18. The zero-order valence-corrected chi connectivity index (χ0v) is 27.7. The normalized spacial score (nSPS) is 18.6. The van der Waals surface area contributed by atoms with Crippen LogP contribution in [0, 0.1) is 5.82 Å². The number of amides is 2. The Hall–Kier alpha value is -4.77. The highest BCUT2D eigenvalue weighted by Gasteiger charge is 2.42. The summed E-state index contributed by atoms with van der Waals surface area (Å²) in [6.07, 6.45) is 4.53. The first-order valence-electron chi connectivity index (χ1n) is 16.4. The van der Waals surface area contributed by atoms with Gasteiger partial charge in [-0.1, -0.05) is 24.2 Å². The van der Waals surface area contributed by atoms with Crippen LogP contribution < -0.4 is 20.5 Å². The maximum absolute atomic E-state index is 13.4. The minimum Gasteiger partial charge on any atom is -0.493 e. The average Bonchev–Trinajstić information content (AvgIpc) is 3.51. The van der Waals surface area contributed by atoms with E-state index in [4.69, 9.17) is 19.7 Å². The third-order valence-corrected chi connectivity index (χ3v) is 9.42. The fraction of sp³-hybridized carbons (Fsp3) is 0.405. The summed E-state index contributed by atoms with van der Waals surface area (Å²) in [5.74, 6) is 0.881. The van der Waals surface area contributed by atoms with E-state index in [1.807, 2.05) is 19.1 Å². The van der Waals surface area contributed by atoms with Crippen molar-refractivity contribution in [2.45, 2.75) is 63.7 Å². The molecule has 0 radical (unpaired) electrons. The molecule has 11 heteroatoms. The Bertz CT molecular complexity index is 1750. The highest BCUT2D eigenvalue weighted by atomic mass is 19.1. The molecule has 0 saturated carbocycles. The van der Waals surface area contributed by atoms with E-state index in [0.717, 1.165) is 55.5 Å². The molecule has 0 bridgehead atoms. The first kappa shape index (κ1) is 34.6. The molecule has 1 aromatic heterocycles. The minimum absolute atomic E-state index is 0.000894. The van der Waals surface area contributed by atoms with Crippen LogP contribution in [-0.2, 0) is 15.0 Å². The van der Waals surface area contributed by atoms with Crippen LogP contribution in [-0.4, -0.2) is 61.0 Å². The van der Waals surface area contributed by atoms with E-state index >= 15 is 0 Å². The van der Waals surface area contributed by atoms with Gasteiger partial charge in [-0.05, 0) is 100 Å². The Morgan fingerprint density at radius 3 is 2.50 bits per heavy atom. The number of halogens is 1. The third kappa shape index (κ3) is 7.84. The lowest BCUT2D eigenvalue weighted by Crippen LogP contribution is -2.51. The molecule has 254 valence electrons. The van der Waals surface area contributed by atoms with Crippen molar-refractivity contribution in [3.8, 4) is 11.5 Å². The van der Waals surface area contributed by atoms with Gasteiger partial charge in [0.2, 0.25) is 11.8 Å². The Kier molecular flexibility index (Phi) is 11.1. The van der Waals surface area contributed by atoms with E-state index in [-0.39, 0.29) is 23.4 Å². The van der Waals surface area contributed by atoms with Crippen molar-refractivity contribution in [1.29, 1.82) is 0 Å². The van der Waals surface area contributed by atoms with Crippen LogP contribution in [0.3, 0.4) is 0 Å². The summed E-state index contributed by atoms with van der Waals surface area (Å²) >= 11 is 0.